The van der Waals surface area contributed by atoms with Crippen LogP contribution >= 0.6 is 0 Å². The molecule has 6 nitrogen and oxygen atoms in total. The van der Waals surface area contributed by atoms with E-state index < -0.39 is 11.4 Å². The van der Waals surface area contributed by atoms with Crippen LogP contribution in [0.15, 0.2) is 30.3 Å². The first-order valence-electron chi connectivity index (χ1n) is 7.95. The number of pyridine rings is 1. The summed E-state index contributed by atoms with van der Waals surface area (Å²) >= 11 is 0. The van der Waals surface area contributed by atoms with E-state index in [0.29, 0.717) is 11.5 Å². The number of fused-ring (bicyclic) bond motifs is 1. The van der Waals surface area contributed by atoms with Crippen molar-refractivity contribution < 1.29 is 14.3 Å². The molecule has 0 aliphatic heterocycles. The first-order valence-corrected chi connectivity index (χ1v) is 7.95. The Kier molecular flexibility index (Phi) is 4.24. The van der Waals surface area contributed by atoms with Crippen molar-refractivity contribution in [1.82, 2.24) is 10.3 Å². The van der Waals surface area contributed by atoms with Gasteiger partial charge in [-0.25, -0.2) is 0 Å². The Balaban J connectivity index is 2.01. The fourth-order valence-corrected chi connectivity index (χ4v) is 2.75. The van der Waals surface area contributed by atoms with Crippen LogP contribution in [-0.2, 0) is 9.53 Å². The van der Waals surface area contributed by atoms with Gasteiger partial charge in [-0.3, -0.25) is 14.6 Å². The molecule has 1 heterocycles. The van der Waals surface area contributed by atoms with Gasteiger partial charge in [-0.15, -0.1) is 0 Å². The molecule has 2 amide bonds. The molecular formula is C18H21N3O3. The fraction of sp³-hybridized carbons (Fsp3) is 0.389. The number of methoxy groups -OCH3 is 1. The van der Waals surface area contributed by atoms with E-state index in [1.165, 1.54) is 7.11 Å². The predicted molar refractivity (Wildman–Crippen MR) is 90.7 cm³/mol. The summed E-state index contributed by atoms with van der Waals surface area (Å²) in [6, 6.07) is 9.32. The summed E-state index contributed by atoms with van der Waals surface area (Å²) in [7, 11) is 1.46. The second-order valence-corrected chi connectivity index (χ2v) is 6.47. The number of benzene rings is 1. The third kappa shape index (κ3) is 3.10. The molecule has 1 saturated carbocycles. The molecule has 1 fully saturated rings. The van der Waals surface area contributed by atoms with Crippen LogP contribution in [0.5, 0.6) is 0 Å². The van der Waals surface area contributed by atoms with E-state index in [4.69, 9.17) is 10.5 Å². The highest BCUT2D eigenvalue weighted by molar-refractivity contribution is 6.08. The van der Waals surface area contributed by atoms with Gasteiger partial charge in [0.25, 0.3) is 5.91 Å². The zero-order chi connectivity index (χ0) is 17.3. The molecule has 6 heteroatoms. The summed E-state index contributed by atoms with van der Waals surface area (Å²) < 4.78 is 5.04. The average molecular weight is 327 g/mol. The molecule has 0 unspecified atom stereocenters. The number of aromatic nitrogens is 1. The van der Waals surface area contributed by atoms with Crippen LogP contribution in [0, 0.1) is 0 Å². The van der Waals surface area contributed by atoms with Gasteiger partial charge >= 0.3 is 0 Å². The third-order valence-corrected chi connectivity index (χ3v) is 4.34. The standard InChI is InChI=1S/C18H21N3O3/c1-18(10-24-2,17(19)23)21-16(22)13-9-15(11-7-8-11)20-14-6-4-3-5-12(13)14/h3-6,9,11H,7-8,10H2,1-2H3,(H2,19,23)(H,21,22)/t18-/m0/s1. The fourth-order valence-electron chi connectivity index (χ4n) is 2.75. The largest absolute Gasteiger partial charge is 0.382 e. The molecule has 1 aromatic carbocycles. The highest BCUT2D eigenvalue weighted by Gasteiger charge is 2.34. The van der Waals surface area contributed by atoms with Gasteiger partial charge in [0, 0.05) is 24.1 Å². The molecule has 1 aliphatic carbocycles. The summed E-state index contributed by atoms with van der Waals surface area (Å²) in [6.45, 7) is 1.56. The number of ether oxygens (including phenoxy) is 1. The minimum atomic E-state index is -1.27. The Morgan fingerprint density at radius 1 is 1.38 bits per heavy atom. The lowest BCUT2D eigenvalue weighted by Crippen LogP contribution is -2.58. The highest BCUT2D eigenvalue weighted by atomic mass is 16.5. The van der Waals surface area contributed by atoms with Gasteiger partial charge < -0.3 is 15.8 Å². The van der Waals surface area contributed by atoms with Crippen LogP contribution in [-0.4, -0.2) is 36.1 Å². The number of nitrogens with one attached hydrogen (secondary N) is 1. The van der Waals surface area contributed by atoms with E-state index in [0.717, 1.165) is 29.4 Å². The second kappa shape index (κ2) is 6.20. The minimum absolute atomic E-state index is 0.00652. The molecule has 3 rings (SSSR count). The molecule has 1 aromatic heterocycles. The zero-order valence-corrected chi connectivity index (χ0v) is 13.8. The summed E-state index contributed by atoms with van der Waals surface area (Å²) in [4.78, 5) is 29.2. The lowest BCUT2D eigenvalue weighted by Gasteiger charge is -2.26. The lowest BCUT2D eigenvalue weighted by atomic mass is 10.00. The summed E-state index contributed by atoms with van der Waals surface area (Å²) in [5.41, 5.74) is 6.38. The molecule has 1 atom stereocenters. The maximum Gasteiger partial charge on any atom is 0.252 e. The van der Waals surface area contributed by atoms with Crippen LogP contribution in [0.1, 0.15) is 41.7 Å². The molecule has 0 spiro atoms. The van der Waals surface area contributed by atoms with Gasteiger partial charge in [-0.1, -0.05) is 18.2 Å². The number of primary amides is 1. The first-order chi connectivity index (χ1) is 11.4. The van der Waals surface area contributed by atoms with E-state index in [1.807, 2.05) is 30.3 Å². The van der Waals surface area contributed by atoms with Crippen LogP contribution in [0.25, 0.3) is 10.9 Å². The van der Waals surface area contributed by atoms with Gasteiger partial charge in [-0.05, 0) is 31.9 Å². The quantitative estimate of drug-likeness (QED) is 0.845. The highest BCUT2D eigenvalue weighted by Crippen LogP contribution is 2.40. The molecule has 0 bridgehead atoms. The number of rotatable bonds is 6. The Hall–Kier alpha value is -2.47. The van der Waals surface area contributed by atoms with Crippen LogP contribution < -0.4 is 11.1 Å². The molecule has 0 radical (unpaired) electrons. The van der Waals surface area contributed by atoms with E-state index >= 15 is 0 Å². The lowest BCUT2D eigenvalue weighted by molar-refractivity contribution is -0.125. The van der Waals surface area contributed by atoms with Crippen molar-refractivity contribution >= 4 is 22.7 Å². The van der Waals surface area contributed by atoms with Crippen LogP contribution in [0.3, 0.4) is 0 Å². The van der Waals surface area contributed by atoms with E-state index in [-0.39, 0.29) is 12.5 Å². The zero-order valence-electron chi connectivity index (χ0n) is 13.8. The summed E-state index contributed by atoms with van der Waals surface area (Å²) in [5.74, 6) is -0.574. The molecular weight excluding hydrogens is 306 g/mol. The molecule has 24 heavy (non-hydrogen) atoms. The number of hydrogen-bond acceptors (Lipinski definition) is 4. The van der Waals surface area contributed by atoms with Crippen molar-refractivity contribution in [2.45, 2.75) is 31.2 Å². The van der Waals surface area contributed by atoms with E-state index in [9.17, 15) is 9.59 Å². The van der Waals surface area contributed by atoms with Crippen molar-refractivity contribution in [3.8, 4) is 0 Å². The first kappa shape index (κ1) is 16.4. The molecule has 3 N–H and O–H groups in total. The minimum Gasteiger partial charge on any atom is -0.382 e. The Morgan fingerprint density at radius 2 is 2.08 bits per heavy atom. The smallest absolute Gasteiger partial charge is 0.252 e. The molecule has 2 aromatic rings. The Bertz CT molecular complexity index is 801. The number of amides is 2. The van der Waals surface area contributed by atoms with Crippen molar-refractivity contribution in [3.63, 3.8) is 0 Å². The van der Waals surface area contributed by atoms with Crippen molar-refractivity contribution in [2.24, 2.45) is 5.73 Å². The Labute approximate surface area is 140 Å². The van der Waals surface area contributed by atoms with Gasteiger partial charge in [0.2, 0.25) is 5.91 Å². The maximum absolute atomic E-state index is 12.8. The number of carbonyl (C=O) groups is 2. The normalized spacial score (nSPS) is 16.6. The Morgan fingerprint density at radius 3 is 2.71 bits per heavy atom. The van der Waals surface area contributed by atoms with Crippen molar-refractivity contribution in [1.29, 1.82) is 0 Å². The van der Waals surface area contributed by atoms with Crippen molar-refractivity contribution in [3.05, 3.63) is 41.6 Å². The van der Waals surface area contributed by atoms with Crippen molar-refractivity contribution in [2.75, 3.05) is 13.7 Å². The second-order valence-electron chi connectivity index (χ2n) is 6.47. The van der Waals surface area contributed by atoms with Crippen LogP contribution in [0.4, 0.5) is 0 Å². The number of nitrogens with zero attached hydrogens (tertiary/aromatic N) is 1. The molecule has 1 aliphatic rings. The van der Waals surface area contributed by atoms with Gasteiger partial charge in [-0.2, -0.15) is 0 Å². The van der Waals surface area contributed by atoms with E-state index in [2.05, 4.69) is 10.3 Å². The number of carbonyl (C=O) groups excluding carboxylic acids is 2. The van der Waals surface area contributed by atoms with Gasteiger partial charge in [0.1, 0.15) is 5.54 Å². The van der Waals surface area contributed by atoms with Gasteiger partial charge in [0.15, 0.2) is 0 Å². The molecule has 0 saturated heterocycles. The SMILES string of the molecule is COC[C@](C)(NC(=O)c1cc(C2CC2)nc2ccccc12)C(N)=O. The number of para-hydroxylation sites is 1. The van der Waals surface area contributed by atoms with Gasteiger partial charge in [0.05, 0.1) is 17.7 Å². The van der Waals surface area contributed by atoms with Crippen LogP contribution in [0.2, 0.25) is 0 Å². The average Bonchev–Trinajstić information content (AvgIpc) is 3.38. The predicted octanol–water partition coefficient (Wildman–Crippen LogP) is 1.73. The van der Waals surface area contributed by atoms with E-state index in [1.54, 1.807) is 6.92 Å². The third-order valence-electron chi connectivity index (χ3n) is 4.34. The number of nitrogens with two attached hydrogens (primary N) is 1. The number of hydrogen-bond donors (Lipinski definition) is 2. The monoisotopic (exact) mass is 327 g/mol. The molecule has 126 valence electrons. The maximum atomic E-state index is 12.8. The summed E-state index contributed by atoms with van der Waals surface area (Å²) in [6.07, 6.45) is 2.18. The summed E-state index contributed by atoms with van der Waals surface area (Å²) in [5, 5.41) is 3.48. The topological polar surface area (TPSA) is 94.3 Å².